The number of methoxy groups -OCH3 is 2. The average Bonchev–Trinajstić information content (AvgIpc) is 3.01. The maximum absolute atomic E-state index is 12.8. The molecule has 0 bridgehead atoms. The highest BCUT2D eigenvalue weighted by molar-refractivity contribution is 6.32. The van der Waals surface area contributed by atoms with E-state index in [1.54, 1.807) is 36.4 Å². The first-order valence-electron chi connectivity index (χ1n) is 8.54. The van der Waals surface area contributed by atoms with Gasteiger partial charge in [-0.3, -0.25) is 9.59 Å². The van der Waals surface area contributed by atoms with Crippen LogP contribution in [0.2, 0.25) is 5.02 Å². The lowest BCUT2D eigenvalue weighted by Crippen LogP contribution is -2.13. The number of nitrogens with one attached hydrogen (secondary N) is 1. The quantitative estimate of drug-likeness (QED) is 0.539. The summed E-state index contributed by atoms with van der Waals surface area (Å²) in [6, 6.07) is 15.7. The molecule has 28 heavy (non-hydrogen) atoms. The van der Waals surface area contributed by atoms with Crippen LogP contribution in [0.5, 0.6) is 11.5 Å². The molecule has 1 aliphatic rings. The number of ether oxygens (including phenoxy) is 2. The maximum atomic E-state index is 12.8. The molecule has 4 rings (SSSR count). The van der Waals surface area contributed by atoms with Gasteiger partial charge in [-0.15, -0.1) is 0 Å². The number of ketones is 1. The number of hydrogen-bond acceptors (Lipinski definition) is 4. The van der Waals surface area contributed by atoms with Gasteiger partial charge in [0.25, 0.3) is 5.91 Å². The second kappa shape index (κ2) is 7.02. The molecule has 1 aliphatic carbocycles. The zero-order valence-electron chi connectivity index (χ0n) is 15.2. The Hall–Kier alpha value is -3.31. The van der Waals surface area contributed by atoms with E-state index >= 15 is 0 Å². The Balaban J connectivity index is 1.67. The van der Waals surface area contributed by atoms with E-state index in [1.807, 2.05) is 18.2 Å². The second-order valence-electron chi connectivity index (χ2n) is 6.28. The van der Waals surface area contributed by atoms with E-state index in [4.69, 9.17) is 21.1 Å². The fraction of sp³-hybridized carbons (Fsp3) is 0.0909. The maximum Gasteiger partial charge on any atom is 0.255 e. The predicted molar refractivity (Wildman–Crippen MR) is 108 cm³/mol. The van der Waals surface area contributed by atoms with Crippen LogP contribution in [0.3, 0.4) is 0 Å². The third kappa shape index (κ3) is 2.90. The molecule has 5 nitrogen and oxygen atoms in total. The lowest BCUT2D eigenvalue weighted by Gasteiger charge is -2.13. The first-order valence-corrected chi connectivity index (χ1v) is 8.92. The van der Waals surface area contributed by atoms with Gasteiger partial charge in [-0.05, 0) is 23.3 Å². The van der Waals surface area contributed by atoms with E-state index in [9.17, 15) is 9.59 Å². The fourth-order valence-corrected chi connectivity index (χ4v) is 3.55. The molecule has 0 fully saturated rings. The third-order valence-electron chi connectivity index (χ3n) is 4.71. The van der Waals surface area contributed by atoms with Gasteiger partial charge in [-0.2, -0.15) is 0 Å². The van der Waals surface area contributed by atoms with Crippen molar-refractivity contribution in [2.45, 2.75) is 0 Å². The summed E-state index contributed by atoms with van der Waals surface area (Å²) in [6.45, 7) is 0. The summed E-state index contributed by atoms with van der Waals surface area (Å²) in [5.41, 5.74) is 3.69. The van der Waals surface area contributed by atoms with E-state index in [1.165, 1.54) is 14.2 Å². The molecule has 3 aromatic carbocycles. The van der Waals surface area contributed by atoms with Crippen molar-refractivity contribution >= 4 is 29.0 Å². The van der Waals surface area contributed by atoms with Crippen LogP contribution >= 0.6 is 11.6 Å². The van der Waals surface area contributed by atoms with Crippen molar-refractivity contribution < 1.29 is 19.1 Å². The molecule has 140 valence electrons. The number of amides is 1. The Morgan fingerprint density at radius 3 is 2.25 bits per heavy atom. The molecule has 0 saturated carbocycles. The van der Waals surface area contributed by atoms with E-state index < -0.39 is 0 Å². The number of fused-ring (bicyclic) bond motifs is 3. The summed E-state index contributed by atoms with van der Waals surface area (Å²) < 4.78 is 10.5. The van der Waals surface area contributed by atoms with Crippen LogP contribution in [0.25, 0.3) is 11.1 Å². The van der Waals surface area contributed by atoms with Crippen molar-refractivity contribution in [2.75, 3.05) is 19.5 Å². The predicted octanol–water partition coefficient (Wildman–Crippen LogP) is 4.82. The molecule has 0 aliphatic heterocycles. The fourth-order valence-electron chi connectivity index (χ4n) is 3.32. The summed E-state index contributed by atoms with van der Waals surface area (Å²) in [4.78, 5) is 25.5. The number of anilines is 1. The van der Waals surface area contributed by atoms with Crippen molar-refractivity contribution in [3.63, 3.8) is 0 Å². The van der Waals surface area contributed by atoms with Crippen LogP contribution in [0.1, 0.15) is 26.3 Å². The minimum absolute atomic E-state index is 0.0778. The number of benzene rings is 3. The van der Waals surface area contributed by atoms with Gasteiger partial charge in [-0.1, -0.05) is 41.9 Å². The Labute approximate surface area is 166 Å². The van der Waals surface area contributed by atoms with E-state index in [-0.39, 0.29) is 11.7 Å². The van der Waals surface area contributed by atoms with Gasteiger partial charge in [0.05, 0.1) is 24.9 Å². The molecule has 3 aromatic rings. The van der Waals surface area contributed by atoms with Gasteiger partial charge in [0, 0.05) is 28.8 Å². The molecule has 0 atom stereocenters. The average molecular weight is 394 g/mol. The number of hydrogen-bond donors (Lipinski definition) is 1. The van der Waals surface area contributed by atoms with Crippen molar-refractivity contribution in [3.05, 3.63) is 76.3 Å². The molecule has 0 spiro atoms. The zero-order valence-corrected chi connectivity index (χ0v) is 16.0. The molecule has 1 N–H and O–H groups in total. The Kier molecular flexibility index (Phi) is 4.53. The molecular weight excluding hydrogens is 378 g/mol. The number of rotatable bonds is 4. The van der Waals surface area contributed by atoms with Crippen LogP contribution < -0.4 is 14.8 Å². The Morgan fingerprint density at radius 2 is 1.54 bits per heavy atom. The Morgan fingerprint density at radius 1 is 0.857 bits per heavy atom. The van der Waals surface area contributed by atoms with Gasteiger partial charge in [0.15, 0.2) is 5.78 Å². The van der Waals surface area contributed by atoms with Crippen molar-refractivity contribution in [2.24, 2.45) is 0 Å². The van der Waals surface area contributed by atoms with Crippen molar-refractivity contribution in [1.29, 1.82) is 0 Å². The van der Waals surface area contributed by atoms with Crippen LogP contribution in [-0.2, 0) is 0 Å². The minimum atomic E-state index is -0.366. The minimum Gasteiger partial charge on any atom is -0.495 e. The summed E-state index contributed by atoms with van der Waals surface area (Å²) in [5, 5.41) is 3.17. The molecular formula is C22H16ClNO4. The van der Waals surface area contributed by atoms with Crippen LogP contribution in [0, 0.1) is 0 Å². The molecule has 6 heteroatoms. The van der Waals surface area contributed by atoms with Gasteiger partial charge in [-0.25, -0.2) is 0 Å². The largest absolute Gasteiger partial charge is 0.495 e. The van der Waals surface area contributed by atoms with Crippen molar-refractivity contribution in [1.82, 2.24) is 0 Å². The molecule has 0 aromatic heterocycles. The summed E-state index contributed by atoms with van der Waals surface area (Å²) in [5.74, 6) is 0.376. The van der Waals surface area contributed by atoms with E-state index in [0.717, 1.165) is 11.1 Å². The zero-order chi connectivity index (χ0) is 19.8. The highest BCUT2D eigenvalue weighted by Gasteiger charge is 2.27. The first-order chi connectivity index (χ1) is 13.5. The summed E-state index contributed by atoms with van der Waals surface area (Å²) in [6.07, 6.45) is 0. The van der Waals surface area contributed by atoms with Gasteiger partial charge >= 0.3 is 0 Å². The number of carbonyl (C=O) groups is 2. The Bertz CT molecular complexity index is 1120. The van der Waals surface area contributed by atoms with E-state index in [2.05, 4.69) is 5.32 Å². The standard InChI is InChI=1S/C22H16ClNO4/c1-27-19-11-18(20(28-2)10-17(19)23)24-22(26)12-7-8-14-13-5-3-4-6-15(13)21(25)16(14)9-12/h3-11H,1-2H3,(H,24,26). The normalized spacial score (nSPS) is 11.6. The SMILES string of the molecule is COc1cc(NC(=O)c2ccc3c(c2)C(=O)c2ccccc2-3)c(OC)cc1Cl. The van der Waals surface area contributed by atoms with Gasteiger partial charge in [0.2, 0.25) is 0 Å². The van der Waals surface area contributed by atoms with E-state index in [0.29, 0.717) is 38.9 Å². The number of carbonyl (C=O) groups excluding carboxylic acids is 2. The highest BCUT2D eigenvalue weighted by Crippen LogP contribution is 2.38. The van der Waals surface area contributed by atoms with Crippen LogP contribution in [-0.4, -0.2) is 25.9 Å². The molecule has 0 radical (unpaired) electrons. The lowest BCUT2D eigenvalue weighted by molar-refractivity contribution is 0.102. The molecule has 0 heterocycles. The van der Waals surface area contributed by atoms with Crippen molar-refractivity contribution in [3.8, 4) is 22.6 Å². The van der Waals surface area contributed by atoms with Gasteiger partial charge in [0.1, 0.15) is 11.5 Å². The second-order valence-corrected chi connectivity index (χ2v) is 6.68. The molecule has 0 saturated heterocycles. The van der Waals surface area contributed by atoms with Crippen LogP contribution in [0.15, 0.2) is 54.6 Å². The highest BCUT2D eigenvalue weighted by atomic mass is 35.5. The lowest BCUT2D eigenvalue weighted by atomic mass is 10.0. The van der Waals surface area contributed by atoms with Crippen LogP contribution in [0.4, 0.5) is 5.69 Å². The smallest absolute Gasteiger partial charge is 0.255 e. The monoisotopic (exact) mass is 393 g/mol. The number of halogens is 1. The summed E-state index contributed by atoms with van der Waals surface area (Å²) in [7, 11) is 2.97. The summed E-state index contributed by atoms with van der Waals surface area (Å²) >= 11 is 6.10. The molecule has 0 unspecified atom stereocenters. The van der Waals surface area contributed by atoms with Gasteiger partial charge < -0.3 is 14.8 Å². The first kappa shape index (κ1) is 18.1. The topological polar surface area (TPSA) is 64.6 Å². The molecule has 1 amide bonds. The third-order valence-corrected chi connectivity index (χ3v) is 5.01.